The number of halogens is 5. The van der Waals surface area contributed by atoms with Crippen molar-refractivity contribution >= 4 is 35.6 Å². The zero-order valence-corrected chi connectivity index (χ0v) is 11.5. The first kappa shape index (κ1) is 15.0. The number of ether oxygens (including phenoxy) is 1. The van der Waals surface area contributed by atoms with Crippen LogP contribution in [0.3, 0.4) is 0 Å². The predicted octanol–water partition coefficient (Wildman–Crippen LogP) is 4.02. The molecule has 0 radical (unpaired) electrons. The standard InChI is InChI=1S/C12H8BCl2F3NO/c14-10-1-2-12(15)8(3-10)7-20-11-4-9(5-19-6-11)13(16,17)18/h1-6H,7H2/q-1. The first-order chi connectivity index (χ1) is 9.36. The highest BCUT2D eigenvalue weighted by atomic mass is 35.5. The van der Waals surface area contributed by atoms with Crippen LogP contribution in [0.15, 0.2) is 36.7 Å². The Morgan fingerprint density at radius 3 is 2.55 bits per heavy atom. The van der Waals surface area contributed by atoms with Crippen LogP contribution in [-0.4, -0.2) is 12.0 Å². The molecule has 0 fully saturated rings. The molecular formula is C12H8BCl2F3NO-. The van der Waals surface area contributed by atoms with E-state index in [0.29, 0.717) is 15.6 Å². The molecule has 1 heterocycles. The average Bonchev–Trinajstić information content (AvgIpc) is 2.39. The van der Waals surface area contributed by atoms with E-state index in [1.165, 1.54) is 6.20 Å². The molecule has 0 saturated heterocycles. The van der Waals surface area contributed by atoms with E-state index >= 15 is 0 Å². The van der Waals surface area contributed by atoms with Crippen LogP contribution in [0, 0.1) is 0 Å². The van der Waals surface area contributed by atoms with Gasteiger partial charge in [-0.1, -0.05) is 28.7 Å². The molecule has 0 unspecified atom stereocenters. The Kier molecular flexibility index (Phi) is 4.45. The van der Waals surface area contributed by atoms with E-state index in [1.807, 2.05) is 0 Å². The van der Waals surface area contributed by atoms with Crippen molar-refractivity contribution < 1.29 is 17.7 Å². The number of aromatic nitrogens is 1. The van der Waals surface area contributed by atoms with Crippen molar-refractivity contribution in [1.82, 2.24) is 4.98 Å². The van der Waals surface area contributed by atoms with Gasteiger partial charge in [0.15, 0.2) is 0 Å². The van der Waals surface area contributed by atoms with Gasteiger partial charge in [0.05, 0.1) is 6.20 Å². The Balaban J connectivity index is 2.13. The third-order valence-electron chi connectivity index (χ3n) is 2.51. The van der Waals surface area contributed by atoms with Crippen molar-refractivity contribution in [2.75, 3.05) is 0 Å². The second-order valence-electron chi connectivity index (χ2n) is 4.05. The molecule has 0 aliphatic rings. The minimum Gasteiger partial charge on any atom is -0.487 e. The molecule has 0 spiro atoms. The molecule has 2 aromatic rings. The minimum absolute atomic E-state index is 0.00931. The summed E-state index contributed by atoms with van der Waals surface area (Å²) in [6.07, 6.45) is 1.98. The summed E-state index contributed by atoms with van der Waals surface area (Å²) in [5.74, 6) is 0.0257. The van der Waals surface area contributed by atoms with Crippen LogP contribution < -0.4 is 10.2 Å². The molecule has 106 valence electrons. The Morgan fingerprint density at radius 2 is 1.85 bits per heavy atom. The Hall–Kier alpha value is -1.40. The normalized spacial score (nSPS) is 11.4. The van der Waals surface area contributed by atoms with Gasteiger partial charge in [0.2, 0.25) is 0 Å². The summed E-state index contributed by atoms with van der Waals surface area (Å²) in [5.41, 5.74) is -0.221. The van der Waals surface area contributed by atoms with E-state index in [4.69, 9.17) is 27.9 Å². The lowest BCUT2D eigenvalue weighted by Gasteiger charge is -2.15. The van der Waals surface area contributed by atoms with E-state index in [0.717, 1.165) is 12.3 Å². The summed E-state index contributed by atoms with van der Waals surface area (Å²) >= 11 is 11.7. The third kappa shape index (κ3) is 3.80. The highest BCUT2D eigenvalue weighted by Gasteiger charge is 2.26. The molecule has 20 heavy (non-hydrogen) atoms. The van der Waals surface area contributed by atoms with Crippen LogP contribution in [0.25, 0.3) is 0 Å². The number of hydrogen-bond donors (Lipinski definition) is 0. The second-order valence-corrected chi connectivity index (χ2v) is 4.90. The van der Waals surface area contributed by atoms with Gasteiger partial charge in [0, 0.05) is 21.8 Å². The van der Waals surface area contributed by atoms with E-state index < -0.39 is 12.4 Å². The first-order valence-electron chi connectivity index (χ1n) is 5.58. The monoisotopic (exact) mass is 320 g/mol. The minimum atomic E-state index is -5.10. The lowest BCUT2D eigenvalue weighted by atomic mass is 9.81. The maximum absolute atomic E-state index is 12.6. The van der Waals surface area contributed by atoms with Crippen molar-refractivity contribution in [3.05, 3.63) is 52.3 Å². The molecule has 2 rings (SSSR count). The largest absolute Gasteiger partial charge is 0.511 e. The smallest absolute Gasteiger partial charge is 0.487 e. The summed E-state index contributed by atoms with van der Waals surface area (Å²) in [4.78, 5) is 3.51. The maximum Gasteiger partial charge on any atom is 0.511 e. The average molecular weight is 321 g/mol. The molecule has 1 aromatic heterocycles. The van der Waals surface area contributed by atoms with Crippen LogP contribution in [0.5, 0.6) is 5.75 Å². The first-order valence-corrected chi connectivity index (χ1v) is 6.33. The van der Waals surface area contributed by atoms with Gasteiger partial charge >= 0.3 is 6.98 Å². The molecule has 1 aromatic carbocycles. The SMILES string of the molecule is F[B-](F)(F)c1cncc(OCc2cc(Cl)ccc2Cl)c1. The van der Waals surface area contributed by atoms with Crippen molar-refractivity contribution in [3.63, 3.8) is 0 Å². The molecule has 0 N–H and O–H groups in total. The van der Waals surface area contributed by atoms with E-state index in [-0.39, 0.29) is 12.4 Å². The lowest BCUT2D eigenvalue weighted by molar-refractivity contribution is 0.305. The van der Waals surface area contributed by atoms with Crippen LogP contribution in [-0.2, 0) is 6.61 Å². The zero-order valence-electron chi connectivity index (χ0n) is 9.99. The quantitative estimate of drug-likeness (QED) is 0.794. The summed E-state index contributed by atoms with van der Waals surface area (Å²) < 4.78 is 43.0. The van der Waals surface area contributed by atoms with E-state index in [2.05, 4.69) is 4.98 Å². The Morgan fingerprint density at radius 1 is 1.10 bits per heavy atom. The van der Waals surface area contributed by atoms with Crippen molar-refractivity contribution in [2.45, 2.75) is 6.61 Å². The molecule has 2 nitrogen and oxygen atoms in total. The highest BCUT2D eigenvalue weighted by molar-refractivity contribution is 6.73. The molecule has 0 aliphatic heterocycles. The fourth-order valence-electron chi connectivity index (χ4n) is 1.51. The number of pyridine rings is 1. The molecular weight excluding hydrogens is 313 g/mol. The van der Waals surface area contributed by atoms with Gasteiger partial charge in [-0.2, -0.15) is 0 Å². The van der Waals surface area contributed by atoms with Gasteiger partial charge < -0.3 is 17.7 Å². The number of rotatable bonds is 4. The topological polar surface area (TPSA) is 22.1 Å². The van der Waals surface area contributed by atoms with Gasteiger partial charge in [-0.3, -0.25) is 4.98 Å². The van der Waals surface area contributed by atoms with Gasteiger partial charge in [0.25, 0.3) is 0 Å². The third-order valence-corrected chi connectivity index (χ3v) is 3.12. The Labute approximate surface area is 123 Å². The Bertz CT molecular complexity index is 622. The lowest BCUT2D eigenvalue weighted by Crippen LogP contribution is -2.34. The summed E-state index contributed by atoms with van der Waals surface area (Å²) in [6.45, 7) is -5.09. The van der Waals surface area contributed by atoms with Crippen LogP contribution in [0.1, 0.15) is 5.56 Å². The van der Waals surface area contributed by atoms with Gasteiger partial charge in [-0.15, -0.1) is 0 Å². The van der Waals surface area contributed by atoms with Crippen LogP contribution in [0.4, 0.5) is 12.9 Å². The number of hydrogen-bond acceptors (Lipinski definition) is 2. The summed E-state index contributed by atoms with van der Waals surface area (Å²) in [6, 6.07) is 5.71. The van der Waals surface area contributed by atoms with E-state index in [9.17, 15) is 12.9 Å². The molecule has 0 amide bonds. The summed E-state index contributed by atoms with van der Waals surface area (Å²) in [7, 11) is 0. The molecule has 8 heteroatoms. The maximum atomic E-state index is 12.6. The van der Waals surface area contributed by atoms with Gasteiger partial charge in [-0.05, 0) is 24.3 Å². The fraction of sp³-hybridized carbons (Fsp3) is 0.0833. The predicted molar refractivity (Wildman–Crippen MR) is 73.7 cm³/mol. The van der Waals surface area contributed by atoms with E-state index in [1.54, 1.807) is 18.2 Å². The van der Waals surface area contributed by atoms with Crippen molar-refractivity contribution in [3.8, 4) is 5.75 Å². The second kappa shape index (κ2) is 5.93. The van der Waals surface area contributed by atoms with Gasteiger partial charge in [-0.25, -0.2) is 0 Å². The molecule has 0 atom stereocenters. The highest BCUT2D eigenvalue weighted by Crippen LogP contribution is 2.22. The van der Waals surface area contributed by atoms with Crippen molar-refractivity contribution in [2.24, 2.45) is 0 Å². The molecule has 0 aliphatic carbocycles. The van der Waals surface area contributed by atoms with Gasteiger partial charge in [0.1, 0.15) is 12.4 Å². The van der Waals surface area contributed by atoms with Crippen molar-refractivity contribution in [1.29, 1.82) is 0 Å². The fourth-order valence-corrected chi connectivity index (χ4v) is 1.88. The molecule has 0 bridgehead atoms. The zero-order chi connectivity index (χ0) is 14.8. The number of nitrogens with zero attached hydrogens (tertiary/aromatic N) is 1. The molecule has 0 saturated carbocycles. The summed E-state index contributed by atoms with van der Waals surface area (Å²) in [5, 5.41) is 0.900. The van der Waals surface area contributed by atoms with Crippen LogP contribution >= 0.6 is 23.2 Å². The number of benzene rings is 1. The van der Waals surface area contributed by atoms with Crippen LogP contribution in [0.2, 0.25) is 10.0 Å².